The minimum atomic E-state index is -0.350. The fourth-order valence-electron chi connectivity index (χ4n) is 2.11. The van der Waals surface area contributed by atoms with E-state index >= 15 is 0 Å². The SMILES string of the molecule is COc1cccc(OC)c1NC(=O)Nc1cc(C)ccc1C. The van der Waals surface area contributed by atoms with Gasteiger partial charge in [-0.15, -0.1) is 0 Å². The highest BCUT2D eigenvalue weighted by Crippen LogP contribution is 2.34. The third kappa shape index (κ3) is 3.49. The third-order valence-corrected chi connectivity index (χ3v) is 3.31. The van der Waals surface area contributed by atoms with Gasteiger partial charge in [0.15, 0.2) is 0 Å². The topological polar surface area (TPSA) is 59.6 Å². The number of nitrogens with one attached hydrogen (secondary N) is 2. The zero-order valence-electron chi connectivity index (χ0n) is 13.2. The minimum Gasteiger partial charge on any atom is -0.494 e. The largest absolute Gasteiger partial charge is 0.494 e. The number of anilines is 2. The Morgan fingerprint density at radius 1 is 0.955 bits per heavy atom. The van der Waals surface area contributed by atoms with Crippen LogP contribution in [0.2, 0.25) is 0 Å². The summed E-state index contributed by atoms with van der Waals surface area (Å²) in [6.45, 7) is 3.92. The molecule has 0 aliphatic rings. The monoisotopic (exact) mass is 300 g/mol. The van der Waals surface area contributed by atoms with Crippen molar-refractivity contribution in [2.75, 3.05) is 24.9 Å². The number of ether oxygens (including phenoxy) is 2. The van der Waals surface area contributed by atoms with Gasteiger partial charge >= 0.3 is 6.03 Å². The van der Waals surface area contributed by atoms with E-state index in [2.05, 4.69) is 10.6 Å². The van der Waals surface area contributed by atoms with Crippen LogP contribution in [0.15, 0.2) is 36.4 Å². The van der Waals surface area contributed by atoms with Gasteiger partial charge < -0.3 is 20.1 Å². The Labute approximate surface area is 130 Å². The predicted octanol–water partition coefficient (Wildman–Crippen LogP) is 3.96. The third-order valence-electron chi connectivity index (χ3n) is 3.31. The number of benzene rings is 2. The molecule has 0 aromatic heterocycles. The molecule has 0 radical (unpaired) electrons. The van der Waals surface area contributed by atoms with E-state index in [-0.39, 0.29) is 6.03 Å². The molecule has 22 heavy (non-hydrogen) atoms. The number of hydrogen-bond donors (Lipinski definition) is 2. The Morgan fingerprint density at radius 2 is 1.59 bits per heavy atom. The molecule has 2 N–H and O–H groups in total. The molecule has 0 fully saturated rings. The summed E-state index contributed by atoms with van der Waals surface area (Å²) in [5.41, 5.74) is 3.34. The van der Waals surface area contributed by atoms with Crippen LogP contribution in [0.25, 0.3) is 0 Å². The van der Waals surface area contributed by atoms with Crippen LogP contribution in [0.5, 0.6) is 11.5 Å². The number of carbonyl (C=O) groups is 1. The molecule has 2 rings (SSSR count). The number of rotatable bonds is 4. The lowest BCUT2D eigenvalue weighted by Gasteiger charge is -2.15. The normalized spacial score (nSPS) is 10.0. The van der Waals surface area contributed by atoms with Crippen molar-refractivity contribution in [3.63, 3.8) is 0 Å². The highest BCUT2D eigenvalue weighted by molar-refractivity contribution is 6.02. The van der Waals surface area contributed by atoms with Crippen LogP contribution in [0, 0.1) is 13.8 Å². The molecule has 0 saturated heterocycles. The van der Waals surface area contributed by atoms with Crippen molar-refractivity contribution in [3.05, 3.63) is 47.5 Å². The Balaban J connectivity index is 2.20. The number of aryl methyl sites for hydroxylation is 2. The van der Waals surface area contributed by atoms with Crippen LogP contribution < -0.4 is 20.1 Å². The van der Waals surface area contributed by atoms with Gasteiger partial charge in [0.2, 0.25) is 0 Å². The highest BCUT2D eigenvalue weighted by Gasteiger charge is 2.13. The minimum absolute atomic E-state index is 0.350. The molecule has 0 spiro atoms. The number of amides is 2. The average Bonchev–Trinajstić information content (AvgIpc) is 2.51. The van der Waals surface area contributed by atoms with Crippen LogP contribution in [-0.2, 0) is 0 Å². The van der Waals surface area contributed by atoms with E-state index in [1.54, 1.807) is 32.4 Å². The number of hydrogen-bond acceptors (Lipinski definition) is 3. The van der Waals surface area contributed by atoms with Gasteiger partial charge in [-0.05, 0) is 43.2 Å². The van der Waals surface area contributed by atoms with E-state index in [0.29, 0.717) is 17.2 Å². The standard InChI is InChI=1S/C17H20N2O3/c1-11-8-9-12(2)13(10-11)18-17(20)19-16-14(21-3)6-5-7-15(16)22-4/h5-10H,1-4H3,(H2,18,19,20). The average molecular weight is 300 g/mol. The highest BCUT2D eigenvalue weighted by atomic mass is 16.5. The summed E-state index contributed by atoms with van der Waals surface area (Å²) in [7, 11) is 3.09. The molecule has 5 heteroatoms. The fraction of sp³-hybridized carbons (Fsp3) is 0.235. The number of methoxy groups -OCH3 is 2. The van der Waals surface area contributed by atoms with Crippen molar-refractivity contribution in [3.8, 4) is 11.5 Å². The zero-order valence-corrected chi connectivity index (χ0v) is 13.2. The maximum Gasteiger partial charge on any atom is 0.323 e. The Bertz CT molecular complexity index is 661. The first-order valence-corrected chi connectivity index (χ1v) is 6.91. The van der Waals surface area contributed by atoms with Crippen LogP contribution in [-0.4, -0.2) is 20.3 Å². The van der Waals surface area contributed by atoms with E-state index in [9.17, 15) is 4.79 Å². The smallest absolute Gasteiger partial charge is 0.323 e. The van der Waals surface area contributed by atoms with E-state index in [0.717, 1.165) is 16.8 Å². The second-order valence-corrected chi connectivity index (χ2v) is 4.94. The molecule has 5 nitrogen and oxygen atoms in total. The molecular formula is C17H20N2O3. The molecule has 0 aliphatic carbocycles. The Morgan fingerprint density at radius 3 is 2.18 bits per heavy atom. The molecular weight excluding hydrogens is 280 g/mol. The summed E-state index contributed by atoms with van der Waals surface area (Å²) in [4.78, 5) is 12.2. The quantitative estimate of drug-likeness (QED) is 0.898. The summed E-state index contributed by atoms with van der Waals surface area (Å²) in [5, 5.41) is 5.62. The van der Waals surface area contributed by atoms with Gasteiger partial charge in [0.05, 0.1) is 14.2 Å². The number of carbonyl (C=O) groups excluding carboxylic acids is 1. The summed E-state index contributed by atoms with van der Waals surface area (Å²) >= 11 is 0. The molecule has 116 valence electrons. The van der Waals surface area contributed by atoms with Crippen molar-refractivity contribution >= 4 is 17.4 Å². The van der Waals surface area contributed by atoms with Gasteiger partial charge in [0.25, 0.3) is 0 Å². The van der Waals surface area contributed by atoms with Crippen molar-refractivity contribution < 1.29 is 14.3 Å². The summed E-state index contributed by atoms with van der Waals surface area (Å²) in [5.74, 6) is 1.07. The lowest BCUT2D eigenvalue weighted by atomic mass is 10.1. The van der Waals surface area contributed by atoms with Crippen molar-refractivity contribution in [1.29, 1.82) is 0 Å². The van der Waals surface area contributed by atoms with Crippen molar-refractivity contribution in [2.45, 2.75) is 13.8 Å². The second-order valence-electron chi connectivity index (χ2n) is 4.94. The van der Waals surface area contributed by atoms with Crippen LogP contribution >= 0.6 is 0 Å². The number of urea groups is 1. The van der Waals surface area contributed by atoms with E-state index in [4.69, 9.17) is 9.47 Å². The van der Waals surface area contributed by atoms with Crippen LogP contribution in [0.3, 0.4) is 0 Å². The molecule has 0 aliphatic heterocycles. The van der Waals surface area contributed by atoms with Gasteiger partial charge in [0, 0.05) is 5.69 Å². The van der Waals surface area contributed by atoms with Gasteiger partial charge in [-0.1, -0.05) is 18.2 Å². The lowest BCUT2D eigenvalue weighted by molar-refractivity contribution is 0.262. The van der Waals surface area contributed by atoms with Crippen molar-refractivity contribution in [2.24, 2.45) is 0 Å². The Hall–Kier alpha value is -2.69. The summed E-state index contributed by atoms with van der Waals surface area (Å²) in [6, 6.07) is 10.9. The number of para-hydroxylation sites is 1. The van der Waals surface area contributed by atoms with E-state index < -0.39 is 0 Å². The van der Waals surface area contributed by atoms with E-state index in [1.807, 2.05) is 32.0 Å². The molecule has 0 heterocycles. The molecule has 0 atom stereocenters. The molecule has 0 saturated carbocycles. The predicted molar refractivity (Wildman–Crippen MR) is 88.1 cm³/mol. The molecule has 0 bridgehead atoms. The van der Waals surface area contributed by atoms with E-state index in [1.165, 1.54) is 0 Å². The van der Waals surface area contributed by atoms with Crippen LogP contribution in [0.1, 0.15) is 11.1 Å². The summed E-state index contributed by atoms with van der Waals surface area (Å²) < 4.78 is 10.5. The fourth-order valence-corrected chi connectivity index (χ4v) is 2.11. The maximum atomic E-state index is 12.2. The van der Waals surface area contributed by atoms with Gasteiger partial charge in [-0.3, -0.25) is 0 Å². The van der Waals surface area contributed by atoms with Gasteiger partial charge in [-0.2, -0.15) is 0 Å². The lowest BCUT2D eigenvalue weighted by Crippen LogP contribution is -2.20. The van der Waals surface area contributed by atoms with Gasteiger partial charge in [0.1, 0.15) is 17.2 Å². The van der Waals surface area contributed by atoms with Gasteiger partial charge in [-0.25, -0.2) is 4.79 Å². The van der Waals surface area contributed by atoms with Crippen molar-refractivity contribution in [1.82, 2.24) is 0 Å². The zero-order chi connectivity index (χ0) is 16.1. The maximum absolute atomic E-state index is 12.2. The molecule has 2 aromatic rings. The Kier molecular flexibility index (Phi) is 4.88. The molecule has 0 unspecified atom stereocenters. The first-order valence-electron chi connectivity index (χ1n) is 6.91. The summed E-state index contributed by atoms with van der Waals surface area (Å²) in [6.07, 6.45) is 0. The molecule has 2 aromatic carbocycles. The first kappa shape index (κ1) is 15.7. The molecule has 2 amide bonds. The second kappa shape index (κ2) is 6.85. The van der Waals surface area contributed by atoms with Crippen LogP contribution in [0.4, 0.5) is 16.2 Å². The first-order chi connectivity index (χ1) is 10.5.